The van der Waals surface area contributed by atoms with Gasteiger partial charge in [0, 0.05) is 20.4 Å². The molecule has 0 unspecified atom stereocenters. The Hall–Kier alpha value is -2.58. The largest absolute Gasteiger partial charge is 1.00 e. The summed E-state index contributed by atoms with van der Waals surface area (Å²) in [6.07, 6.45) is 0. The van der Waals surface area contributed by atoms with Crippen molar-refractivity contribution in [1.82, 2.24) is 0 Å². The molecule has 6 aromatic carbocycles. The molecule has 0 saturated heterocycles. The van der Waals surface area contributed by atoms with Crippen LogP contribution >= 0.6 is 15.8 Å². The Balaban J connectivity index is 0.000000267. The van der Waals surface area contributed by atoms with Gasteiger partial charge in [0.1, 0.15) is 31.8 Å². The summed E-state index contributed by atoms with van der Waals surface area (Å²) in [5, 5.41) is 8.61. The predicted octanol–water partition coefficient (Wildman–Crippen LogP) is 0.360. The Kier molecular flexibility index (Phi) is 15.9. The second-order valence-electron chi connectivity index (χ2n) is 8.95. The average Bonchev–Trinajstić information content (AvgIpc) is 3.01. The molecule has 0 radical (unpaired) electrons. The van der Waals surface area contributed by atoms with E-state index in [0.29, 0.717) is 0 Å². The van der Waals surface area contributed by atoms with Gasteiger partial charge in [-0.05, 0) is 72.8 Å². The van der Waals surface area contributed by atoms with Crippen LogP contribution in [0.25, 0.3) is 0 Å². The van der Waals surface area contributed by atoms with Crippen LogP contribution in [0.1, 0.15) is 0 Å². The first-order valence-corrected chi connectivity index (χ1v) is 16.0. The second-order valence-corrected chi connectivity index (χ2v) is 13.9. The molecule has 41 heavy (non-hydrogen) atoms. The smallest absolute Gasteiger partial charge is 0.102 e. The molecule has 0 amide bonds. The van der Waals surface area contributed by atoms with Gasteiger partial charge in [-0.25, -0.2) is 0 Å². The van der Waals surface area contributed by atoms with Crippen molar-refractivity contribution in [2.75, 3.05) is 0 Å². The topological polar surface area (TPSA) is 0 Å². The van der Waals surface area contributed by atoms with Gasteiger partial charge >= 0.3 is 0 Å². The van der Waals surface area contributed by atoms with Crippen LogP contribution < -0.4 is 56.6 Å². The van der Waals surface area contributed by atoms with Crippen molar-refractivity contribution in [3.05, 3.63) is 182 Å². The second kappa shape index (κ2) is 18.8. The van der Waals surface area contributed by atoms with Gasteiger partial charge in [-0.3, -0.25) is 0 Å². The zero-order valence-corrected chi connectivity index (χ0v) is 27.5. The maximum Gasteiger partial charge on any atom is 0.102 e. The fourth-order valence-electron chi connectivity index (χ4n) is 4.63. The predicted molar refractivity (Wildman–Crippen MR) is 173 cm³/mol. The van der Waals surface area contributed by atoms with E-state index in [2.05, 4.69) is 182 Å². The zero-order chi connectivity index (χ0) is 25.8. The molecule has 6 aromatic rings. The van der Waals surface area contributed by atoms with Crippen LogP contribution in [-0.4, -0.2) is 0 Å². The van der Waals surface area contributed by atoms with E-state index in [0.717, 1.165) is 0 Å². The fraction of sp³-hybridized carbons (Fsp3) is 0. The van der Waals surface area contributed by atoms with E-state index in [1.807, 2.05) is 0 Å². The maximum absolute atomic E-state index is 2.24. The standard InChI is InChI=1S/2C18H15P.2ClH.Pd/c2*1-4-10-16(11-5-1)19(17-12-6-2-7-13-17)18-14-8-3-9-15-18;;;/h2*1-15H;2*1H;. The Labute approximate surface area is 273 Å². The third kappa shape index (κ3) is 9.74. The van der Waals surface area contributed by atoms with E-state index in [9.17, 15) is 0 Å². The molecule has 5 heteroatoms. The van der Waals surface area contributed by atoms with Gasteiger partial charge in [-0.15, -0.1) is 0 Å². The number of benzene rings is 6. The Morgan fingerprint density at radius 1 is 0.220 bits per heavy atom. The van der Waals surface area contributed by atoms with Gasteiger partial charge in [-0.1, -0.05) is 109 Å². The Morgan fingerprint density at radius 2 is 0.341 bits per heavy atom. The molecule has 0 aliphatic heterocycles. The van der Waals surface area contributed by atoms with E-state index < -0.39 is 15.8 Å². The van der Waals surface area contributed by atoms with E-state index >= 15 is 0 Å². The number of rotatable bonds is 6. The first-order chi connectivity index (χ1) is 18.9. The zero-order valence-electron chi connectivity index (χ0n) is 22.4. The summed E-state index contributed by atoms with van der Waals surface area (Å²) in [4.78, 5) is 0. The van der Waals surface area contributed by atoms with Gasteiger partial charge in [0.25, 0.3) is 0 Å². The van der Waals surface area contributed by atoms with Crippen LogP contribution in [-0.2, 0) is 20.4 Å². The number of hydrogen-bond acceptors (Lipinski definition) is 0. The molecule has 0 spiro atoms. The minimum absolute atomic E-state index is 0. The molecule has 0 nitrogen and oxygen atoms in total. The third-order valence-corrected chi connectivity index (χ3v) is 11.8. The number of hydrogen-bond donors (Lipinski definition) is 0. The minimum Gasteiger partial charge on any atom is -1.00 e. The fourth-order valence-corrected chi connectivity index (χ4v) is 9.78. The quantitative estimate of drug-likeness (QED) is 0.174. The van der Waals surface area contributed by atoms with Crippen molar-refractivity contribution in [2.24, 2.45) is 0 Å². The number of halogens is 2. The molecule has 0 fully saturated rings. The van der Waals surface area contributed by atoms with Crippen molar-refractivity contribution in [2.45, 2.75) is 0 Å². The molecule has 0 heterocycles. The van der Waals surface area contributed by atoms with E-state index in [1.54, 1.807) is 0 Å². The SMILES string of the molecule is [Cl-].[Cl-].[Pd].c1ccc([PH+](c2ccccc2)c2ccccc2)cc1.c1ccc([PH+](c2ccccc2)c2ccccc2)cc1. The molecule has 0 aliphatic carbocycles. The summed E-state index contributed by atoms with van der Waals surface area (Å²) in [6, 6.07) is 65.0. The van der Waals surface area contributed by atoms with Crippen LogP contribution in [0, 0.1) is 0 Å². The van der Waals surface area contributed by atoms with Gasteiger partial charge in [0.15, 0.2) is 0 Å². The van der Waals surface area contributed by atoms with Crippen LogP contribution in [0.15, 0.2) is 182 Å². The maximum atomic E-state index is 2.24. The third-order valence-electron chi connectivity index (χ3n) is 6.37. The molecule has 0 N–H and O–H groups in total. The summed E-state index contributed by atoms with van der Waals surface area (Å²) in [5.74, 6) is 0. The summed E-state index contributed by atoms with van der Waals surface area (Å²) >= 11 is 0. The minimum atomic E-state index is -0.877. The average molecular weight is 704 g/mol. The molecule has 0 aliphatic rings. The monoisotopic (exact) mass is 702 g/mol. The van der Waals surface area contributed by atoms with Crippen molar-refractivity contribution in [1.29, 1.82) is 0 Å². The van der Waals surface area contributed by atoms with Crippen LogP contribution in [0.3, 0.4) is 0 Å². The summed E-state index contributed by atoms with van der Waals surface area (Å²) in [6.45, 7) is 0. The van der Waals surface area contributed by atoms with Gasteiger partial charge in [0.05, 0.1) is 15.8 Å². The van der Waals surface area contributed by atoms with Gasteiger partial charge in [0.2, 0.25) is 0 Å². The Bertz CT molecular complexity index is 1180. The normalized spacial score (nSPS) is 9.80. The van der Waals surface area contributed by atoms with E-state index in [1.165, 1.54) is 31.8 Å². The van der Waals surface area contributed by atoms with Gasteiger partial charge < -0.3 is 24.8 Å². The molecule has 210 valence electrons. The summed E-state index contributed by atoms with van der Waals surface area (Å²) < 4.78 is 0. The molecular weight excluding hydrogens is 672 g/mol. The Morgan fingerprint density at radius 3 is 0.463 bits per heavy atom. The molecule has 6 rings (SSSR count). The van der Waals surface area contributed by atoms with E-state index in [4.69, 9.17) is 0 Å². The van der Waals surface area contributed by atoms with Crippen LogP contribution in [0.4, 0.5) is 0 Å². The molecule has 0 aromatic heterocycles. The molecular formula is C36H32Cl2P2Pd. The van der Waals surface area contributed by atoms with Crippen molar-refractivity contribution in [3.8, 4) is 0 Å². The molecule has 0 saturated carbocycles. The summed E-state index contributed by atoms with van der Waals surface area (Å²) in [7, 11) is -1.75. The van der Waals surface area contributed by atoms with Gasteiger partial charge in [-0.2, -0.15) is 0 Å². The van der Waals surface area contributed by atoms with Crippen molar-refractivity contribution >= 4 is 47.7 Å². The summed E-state index contributed by atoms with van der Waals surface area (Å²) in [5.41, 5.74) is 0. The first-order valence-electron chi connectivity index (χ1n) is 13.0. The van der Waals surface area contributed by atoms with Crippen LogP contribution in [0.5, 0.6) is 0 Å². The van der Waals surface area contributed by atoms with Crippen LogP contribution in [0.2, 0.25) is 0 Å². The molecule has 0 atom stereocenters. The van der Waals surface area contributed by atoms with Crippen molar-refractivity contribution in [3.63, 3.8) is 0 Å². The van der Waals surface area contributed by atoms with E-state index in [-0.39, 0.29) is 45.2 Å². The van der Waals surface area contributed by atoms with Crippen molar-refractivity contribution < 1.29 is 45.2 Å². The molecule has 0 bridgehead atoms. The first kappa shape index (κ1) is 34.6.